The summed E-state index contributed by atoms with van der Waals surface area (Å²) in [5.74, 6) is 2.77. The molecule has 0 unspecified atom stereocenters. The first kappa shape index (κ1) is 27.5. The molecule has 0 bridgehead atoms. The van der Waals surface area contributed by atoms with Crippen LogP contribution in [0.2, 0.25) is 0 Å². The third kappa shape index (κ3) is 5.37. The molecule has 0 aromatic carbocycles. The van der Waals surface area contributed by atoms with Crippen LogP contribution in [0.1, 0.15) is 74.9 Å². The molecule has 2 aliphatic rings. The van der Waals surface area contributed by atoms with Crippen molar-refractivity contribution in [3.63, 3.8) is 0 Å². The highest BCUT2D eigenvalue weighted by Gasteiger charge is 2.34. The third-order valence-electron chi connectivity index (χ3n) is 7.32. The number of pyridine rings is 2. The van der Waals surface area contributed by atoms with Gasteiger partial charge in [-0.25, -0.2) is 14.8 Å². The fraction of sp³-hybridized carbons (Fsp3) is 0.517. The van der Waals surface area contributed by atoms with E-state index in [1.807, 2.05) is 57.0 Å². The van der Waals surface area contributed by atoms with E-state index >= 15 is 0 Å². The maximum absolute atomic E-state index is 13.8. The van der Waals surface area contributed by atoms with Crippen LogP contribution in [0.4, 0.5) is 16.4 Å². The van der Waals surface area contributed by atoms with Crippen molar-refractivity contribution in [1.82, 2.24) is 29.6 Å². The van der Waals surface area contributed by atoms with Crippen LogP contribution in [-0.4, -0.2) is 67.4 Å². The van der Waals surface area contributed by atoms with Gasteiger partial charge in [0.2, 0.25) is 0 Å². The number of fused-ring (bicyclic) bond motifs is 2. The average Bonchev–Trinajstić information content (AvgIpc) is 3.49. The normalized spacial score (nSPS) is 14.8. The summed E-state index contributed by atoms with van der Waals surface area (Å²) in [7, 11) is 3.63. The second-order valence-electron chi connectivity index (χ2n) is 11.8. The Morgan fingerprint density at radius 1 is 1.12 bits per heavy atom. The first-order valence-electron chi connectivity index (χ1n) is 13.8. The van der Waals surface area contributed by atoms with E-state index in [2.05, 4.69) is 28.6 Å². The first-order chi connectivity index (χ1) is 18.9. The zero-order valence-corrected chi connectivity index (χ0v) is 24.4. The van der Waals surface area contributed by atoms with E-state index in [1.165, 1.54) is 4.90 Å². The Balaban J connectivity index is 1.49. The minimum atomic E-state index is -0.618. The lowest BCUT2D eigenvalue weighted by atomic mass is 10.1. The van der Waals surface area contributed by atoms with Gasteiger partial charge in [0.1, 0.15) is 28.8 Å². The van der Waals surface area contributed by atoms with Crippen LogP contribution >= 0.6 is 0 Å². The van der Waals surface area contributed by atoms with Crippen LogP contribution in [0.15, 0.2) is 24.3 Å². The number of hydrogen-bond acceptors (Lipinski definition) is 8. The van der Waals surface area contributed by atoms with E-state index in [0.29, 0.717) is 35.1 Å². The van der Waals surface area contributed by atoms with Gasteiger partial charge in [-0.05, 0) is 65.7 Å². The summed E-state index contributed by atoms with van der Waals surface area (Å²) in [6.45, 7) is 11.0. The molecule has 0 saturated carbocycles. The summed E-state index contributed by atoms with van der Waals surface area (Å²) in [4.78, 5) is 41.5. The molecular weight excluding hydrogens is 508 g/mol. The monoisotopic (exact) mass is 546 g/mol. The number of carbonyl (C=O) groups excluding carboxylic acids is 2. The number of ether oxygens (including phenoxy) is 1. The third-order valence-corrected chi connectivity index (χ3v) is 7.32. The van der Waals surface area contributed by atoms with Crippen molar-refractivity contribution in [2.24, 2.45) is 0 Å². The fourth-order valence-electron chi connectivity index (χ4n) is 4.94. The van der Waals surface area contributed by atoms with E-state index in [1.54, 1.807) is 11.9 Å². The molecule has 0 saturated heterocycles. The summed E-state index contributed by atoms with van der Waals surface area (Å²) >= 11 is 0. The van der Waals surface area contributed by atoms with Gasteiger partial charge in [-0.15, -0.1) is 10.2 Å². The molecule has 3 aromatic rings. The molecule has 212 valence electrons. The Labute approximate surface area is 235 Å². The molecule has 11 heteroatoms. The number of carbonyl (C=O) groups is 2. The zero-order valence-electron chi connectivity index (χ0n) is 24.4. The second kappa shape index (κ2) is 10.5. The highest BCUT2D eigenvalue weighted by atomic mass is 16.6. The lowest BCUT2D eigenvalue weighted by molar-refractivity contribution is 0.0282. The molecule has 0 fully saturated rings. The number of rotatable bonds is 6. The molecule has 2 aliphatic heterocycles. The number of hydrogen-bond donors (Lipinski definition) is 0. The van der Waals surface area contributed by atoms with Crippen molar-refractivity contribution in [1.29, 1.82) is 0 Å². The molecule has 0 N–H and O–H groups in total. The van der Waals surface area contributed by atoms with Gasteiger partial charge in [0.05, 0.1) is 24.3 Å². The Hall–Kier alpha value is -4.02. The topological polar surface area (TPSA) is 110 Å². The van der Waals surface area contributed by atoms with Crippen molar-refractivity contribution in [3.8, 4) is 11.5 Å². The highest BCUT2D eigenvalue weighted by Crippen LogP contribution is 2.33. The Morgan fingerprint density at radius 2 is 1.90 bits per heavy atom. The molecule has 5 heterocycles. The molecular formula is C29H38N8O3. The lowest BCUT2D eigenvalue weighted by Gasteiger charge is -2.26. The van der Waals surface area contributed by atoms with Crippen molar-refractivity contribution in [2.75, 3.05) is 23.9 Å². The molecule has 3 aromatic heterocycles. The van der Waals surface area contributed by atoms with E-state index in [9.17, 15) is 9.59 Å². The molecule has 2 amide bonds. The lowest BCUT2D eigenvalue weighted by Crippen LogP contribution is -2.34. The number of nitrogens with zero attached hydrogens (tertiary/aromatic N) is 8. The summed E-state index contributed by atoms with van der Waals surface area (Å²) in [5, 5.41) is 8.77. The predicted octanol–water partition coefficient (Wildman–Crippen LogP) is 4.44. The van der Waals surface area contributed by atoms with E-state index in [0.717, 1.165) is 43.0 Å². The van der Waals surface area contributed by atoms with Crippen LogP contribution in [0, 0.1) is 0 Å². The Kier molecular flexibility index (Phi) is 7.24. The molecule has 0 atom stereocenters. The second-order valence-corrected chi connectivity index (χ2v) is 11.8. The van der Waals surface area contributed by atoms with Gasteiger partial charge in [-0.1, -0.05) is 6.07 Å². The fourth-order valence-corrected chi connectivity index (χ4v) is 4.94. The van der Waals surface area contributed by atoms with E-state index in [4.69, 9.17) is 14.7 Å². The van der Waals surface area contributed by atoms with E-state index < -0.39 is 11.7 Å². The van der Waals surface area contributed by atoms with Crippen LogP contribution in [0.5, 0.6) is 0 Å². The van der Waals surface area contributed by atoms with Gasteiger partial charge in [-0.2, -0.15) is 0 Å². The van der Waals surface area contributed by atoms with Crippen molar-refractivity contribution < 1.29 is 14.3 Å². The number of amides is 2. The Morgan fingerprint density at radius 3 is 2.62 bits per heavy atom. The predicted molar refractivity (Wildman–Crippen MR) is 152 cm³/mol. The van der Waals surface area contributed by atoms with Crippen molar-refractivity contribution in [2.45, 2.75) is 85.2 Å². The van der Waals surface area contributed by atoms with Gasteiger partial charge >= 0.3 is 6.09 Å². The minimum Gasteiger partial charge on any atom is -0.444 e. The Bertz CT molecular complexity index is 1440. The van der Waals surface area contributed by atoms with E-state index in [-0.39, 0.29) is 18.5 Å². The number of aryl methyl sites for hydroxylation is 1. The van der Waals surface area contributed by atoms with Gasteiger partial charge in [0.25, 0.3) is 5.91 Å². The van der Waals surface area contributed by atoms with Crippen molar-refractivity contribution in [3.05, 3.63) is 46.9 Å². The number of anilines is 2. The van der Waals surface area contributed by atoms with Crippen LogP contribution in [0.3, 0.4) is 0 Å². The van der Waals surface area contributed by atoms with Gasteiger partial charge < -0.3 is 19.1 Å². The first-order valence-corrected chi connectivity index (χ1v) is 13.8. The van der Waals surface area contributed by atoms with Crippen LogP contribution < -0.4 is 9.80 Å². The summed E-state index contributed by atoms with van der Waals surface area (Å²) < 4.78 is 7.68. The van der Waals surface area contributed by atoms with Crippen LogP contribution in [-0.2, 0) is 30.8 Å². The standard InChI is InChI=1S/C29H38N8O3/c1-18(2)35(7)25-15-19-20(22(31-25)17-34(6)28(39)40-29(3,4)5)16-37(27(19)38)23-13-10-11-21(30-23)26-33-32-24-12-8-9-14-36(24)26/h10-11,13,15,18H,8-9,12,14,16-17H2,1-7H3. The highest BCUT2D eigenvalue weighted by molar-refractivity contribution is 6.10. The summed E-state index contributed by atoms with van der Waals surface area (Å²) in [6.07, 6.45) is 2.66. The summed E-state index contributed by atoms with van der Waals surface area (Å²) in [6, 6.07) is 7.64. The van der Waals surface area contributed by atoms with Gasteiger partial charge in [-0.3, -0.25) is 9.69 Å². The van der Waals surface area contributed by atoms with Crippen molar-refractivity contribution >= 4 is 23.6 Å². The average molecular weight is 547 g/mol. The number of aromatic nitrogens is 5. The molecule has 0 aliphatic carbocycles. The minimum absolute atomic E-state index is 0.148. The molecule has 11 nitrogen and oxygen atoms in total. The van der Waals surface area contributed by atoms with Gasteiger partial charge in [0, 0.05) is 38.7 Å². The molecule has 0 spiro atoms. The maximum atomic E-state index is 13.8. The smallest absolute Gasteiger partial charge is 0.410 e. The SMILES string of the molecule is CC(C)N(C)c1cc2c(c(CN(C)C(=O)OC(C)(C)C)n1)CN(c1cccc(-c3nnc4n3CCCC4)n1)C2=O. The maximum Gasteiger partial charge on any atom is 0.410 e. The van der Waals surface area contributed by atoms with Crippen LogP contribution in [0.25, 0.3) is 11.5 Å². The molecule has 5 rings (SSSR count). The largest absolute Gasteiger partial charge is 0.444 e. The molecule has 0 radical (unpaired) electrons. The van der Waals surface area contributed by atoms with Gasteiger partial charge in [0.15, 0.2) is 5.82 Å². The summed E-state index contributed by atoms with van der Waals surface area (Å²) in [5.41, 5.74) is 2.08. The molecule has 40 heavy (non-hydrogen) atoms. The quantitative estimate of drug-likeness (QED) is 0.446. The zero-order chi connectivity index (χ0) is 28.8.